The lowest BCUT2D eigenvalue weighted by Crippen LogP contribution is -2.58. The first-order chi connectivity index (χ1) is 27.7. The summed E-state index contributed by atoms with van der Waals surface area (Å²) < 4.78 is 10.3. The van der Waals surface area contributed by atoms with E-state index in [0.717, 1.165) is 27.7 Å². The number of urea groups is 1. The number of ether oxygens (including phenoxy) is 2. The number of carbonyl (C=O) groups excluding carboxylic acids is 4. The van der Waals surface area contributed by atoms with Crippen LogP contribution < -0.4 is 21.2 Å². The van der Waals surface area contributed by atoms with Gasteiger partial charge < -0.3 is 35.4 Å². The number of hydrazine groups is 1. The Hall–Kier alpha value is -5.73. The lowest BCUT2D eigenvalue weighted by Gasteiger charge is -2.35. The molecule has 14 heteroatoms. The summed E-state index contributed by atoms with van der Waals surface area (Å²) in [5.41, 5.74) is 10.7. The smallest absolute Gasteiger partial charge is 0.404 e. The fourth-order valence-corrected chi connectivity index (χ4v) is 7.17. The summed E-state index contributed by atoms with van der Waals surface area (Å²) in [4.78, 5) is 61.3. The van der Waals surface area contributed by atoms with E-state index in [1.54, 1.807) is 35.8 Å². The van der Waals surface area contributed by atoms with Gasteiger partial charge in [0, 0.05) is 43.4 Å². The van der Waals surface area contributed by atoms with Crippen LogP contribution in [0.4, 0.5) is 9.59 Å². The van der Waals surface area contributed by atoms with Crippen molar-refractivity contribution in [2.45, 2.75) is 78.2 Å². The molecular formula is C44H57N7O7. The van der Waals surface area contributed by atoms with Gasteiger partial charge in [0.1, 0.15) is 11.8 Å². The number of methoxy groups -OCH3 is 1. The first-order valence-corrected chi connectivity index (χ1v) is 19.8. The van der Waals surface area contributed by atoms with Crippen molar-refractivity contribution < 1.29 is 33.8 Å². The number of primary amides is 1. The van der Waals surface area contributed by atoms with Gasteiger partial charge in [0.2, 0.25) is 11.8 Å². The molecule has 1 aromatic heterocycles. The summed E-state index contributed by atoms with van der Waals surface area (Å²) in [7, 11) is 1.58. The number of aliphatic hydroxyl groups excluding tert-OH is 1. The summed E-state index contributed by atoms with van der Waals surface area (Å²) in [5, 5.41) is 17.8. The van der Waals surface area contributed by atoms with Gasteiger partial charge in [0.05, 0.1) is 43.6 Å². The zero-order chi connectivity index (χ0) is 41.8. The number of pyridine rings is 1. The van der Waals surface area contributed by atoms with E-state index in [1.165, 1.54) is 0 Å². The van der Waals surface area contributed by atoms with Crippen molar-refractivity contribution in [1.82, 2.24) is 30.5 Å². The number of nitrogens with zero attached hydrogens (tertiary/aromatic N) is 4. The second-order valence-corrected chi connectivity index (χ2v) is 15.8. The molecule has 5 rings (SSSR count). The molecule has 5 N–H and O–H groups in total. The lowest BCUT2D eigenvalue weighted by atomic mass is 9.90. The van der Waals surface area contributed by atoms with Gasteiger partial charge in [0.25, 0.3) is 0 Å². The number of nitrogens with one attached hydrogen (secondary N) is 2. The fraction of sp³-hybridized carbons (Fsp3) is 0.432. The monoisotopic (exact) mass is 795 g/mol. The van der Waals surface area contributed by atoms with Crippen LogP contribution in [0.15, 0.2) is 91.0 Å². The minimum atomic E-state index is -1.17. The third kappa shape index (κ3) is 12.1. The molecular weight excluding hydrogens is 739 g/mol. The van der Waals surface area contributed by atoms with Crippen LogP contribution in [0.2, 0.25) is 0 Å². The number of amides is 5. The van der Waals surface area contributed by atoms with E-state index in [9.17, 15) is 24.3 Å². The number of carbonyl (C=O) groups is 4. The van der Waals surface area contributed by atoms with E-state index in [0.29, 0.717) is 31.8 Å². The quantitative estimate of drug-likeness (QED) is 0.0894. The van der Waals surface area contributed by atoms with E-state index >= 15 is 0 Å². The van der Waals surface area contributed by atoms with Crippen molar-refractivity contribution in [3.63, 3.8) is 0 Å². The number of benzene rings is 3. The number of para-hydroxylation sites is 1. The second kappa shape index (κ2) is 20.1. The Kier molecular flexibility index (Phi) is 15.0. The van der Waals surface area contributed by atoms with Gasteiger partial charge >= 0.3 is 12.1 Å². The summed E-state index contributed by atoms with van der Waals surface area (Å²) in [6.45, 7) is 8.72. The van der Waals surface area contributed by atoms with Gasteiger partial charge in [-0.25, -0.2) is 14.6 Å². The van der Waals surface area contributed by atoms with Crippen LogP contribution in [0.3, 0.4) is 0 Å². The highest BCUT2D eigenvalue weighted by atomic mass is 16.5. The predicted molar refractivity (Wildman–Crippen MR) is 221 cm³/mol. The molecule has 4 atom stereocenters. The Labute approximate surface area is 340 Å². The highest BCUT2D eigenvalue weighted by Gasteiger charge is 2.41. The molecule has 14 nitrogen and oxygen atoms in total. The van der Waals surface area contributed by atoms with Crippen LogP contribution >= 0.6 is 0 Å². The van der Waals surface area contributed by atoms with Crippen molar-refractivity contribution in [1.29, 1.82) is 0 Å². The third-order valence-corrected chi connectivity index (χ3v) is 10.5. The first-order valence-electron chi connectivity index (χ1n) is 19.8. The molecule has 1 aliphatic rings. The van der Waals surface area contributed by atoms with Crippen LogP contribution in [-0.2, 0) is 33.8 Å². The minimum Gasteiger partial charge on any atom is -0.497 e. The highest BCUT2D eigenvalue weighted by molar-refractivity contribution is 5.88. The number of hydrogen-bond acceptors (Lipinski definition) is 9. The van der Waals surface area contributed by atoms with E-state index in [4.69, 9.17) is 20.2 Å². The van der Waals surface area contributed by atoms with E-state index < -0.39 is 29.7 Å². The number of hydrogen-bond donors (Lipinski definition) is 4. The number of aliphatic hydroxyl groups is 1. The summed E-state index contributed by atoms with van der Waals surface area (Å²) in [6, 6.07) is 26.8. The zero-order valence-electron chi connectivity index (χ0n) is 34.1. The van der Waals surface area contributed by atoms with Crippen LogP contribution in [-0.4, -0.2) is 100 Å². The molecule has 310 valence electrons. The van der Waals surface area contributed by atoms with Gasteiger partial charge in [-0.05, 0) is 47.7 Å². The maximum atomic E-state index is 14.5. The second-order valence-electron chi connectivity index (χ2n) is 15.8. The maximum Gasteiger partial charge on any atom is 0.404 e. The van der Waals surface area contributed by atoms with Gasteiger partial charge in [0.15, 0.2) is 0 Å². The van der Waals surface area contributed by atoms with Crippen LogP contribution in [0.1, 0.15) is 57.4 Å². The van der Waals surface area contributed by atoms with Gasteiger partial charge in [-0.3, -0.25) is 20.0 Å². The lowest BCUT2D eigenvalue weighted by molar-refractivity contribution is -0.131. The molecule has 0 bridgehead atoms. The van der Waals surface area contributed by atoms with Gasteiger partial charge in [-0.15, -0.1) is 0 Å². The van der Waals surface area contributed by atoms with E-state index in [2.05, 4.69) is 10.7 Å². The topological polar surface area (TPSA) is 180 Å². The molecule has 1 saturated heterocycles. The standard InChI is InChI=1S/C44H57N7O7/c1-6-30(2)40(51-23-22-49(43(51)56)27-34-19-18-33-14-10-11-15-36(33)46-34)41(54)47-37(24-31-12-8-7-9-13-31)38(52)28-50(26-32-16-20-35(57-5)21-17-32)48-39(53)25-44(3,4)29-58-42(45)55/h7-21,30,37-38,40,52H,6,22-29H2,1-5H3,(H2,45,55)(H,47,54)(H,48,53)/t30-,37-,38-,40-/m0/s1. The van der Waals surface area contributed by atoms with Crippen molar-refractivity contribution in [3.05, 3.63) is 108 Å². The SMILES string of the molecule is CC[C@H](C)[C@@H](C(=O)N[C@@H](Cc1ccccc1)[C@@H](O)CN(Cc1ccc(OC)cc1)NC(=O)CC(C)(C)COC(N)=O)N1CCN(Cc2ccc3ccccc3n2)C1=O. The Morgan fingerprint density at radius 2 is 1.67 bits per heavy atom. The predicted octanol–water partition coefficient (Wildman–Crippen LogP) is 5.03. The first kappa shape index (κ1) is 43.4. The van der Waals surface area contributed by atoms with Crippen molar-refractivity contribution in [2.75, 3.05) is 33.4 Å². The average molecular weight is 796 g/mol. The molecule has 1 fully saturated rings. The number of rotatable bonds is 20. The molecule has 58 heavy (non-hydrogen) atoms. The number of nitrogens with two attached hydrogens (primary N) is 1. The highest BCUT2D eigenvalue weighted by Crippen LogP contribution is 2.24. The number of aromatic nitrogens is 1. The van der Waals surface area contributed by atoms with Crippen molar-refractivity contribution >= 4 is 34.8 Å². The molecule has 3 aromatic carbocycles. The summed E-state index contributed by atoms with van der Waals surface area (Å²) >= 11 is 0. The summed E-state index contributed by atoms with van der Waals surface area (Å²) in [6.07, 6.45) is -1.17. The maximum absolute atomic E-state index is 14.5. The number of fused-ring (bicyclic) bond motifs is 1. The Bertz CT molecular complexity index is 2000. The Morgan fingerprint density at radius 1 is 0.966 bits per heavy atom. The molecule has 1 aliphatic heterocycles. The Balaban J connectivity index is 1.35. The van der Waals surface area contributed by atoms with Crippen LogP contribution in [0.5, 0.6) is 5.75 Å². The molecule has 4 aromatic rings. The Morgan fingerprint density at radius 3 is 2.36 bits per heavy atom. The molecule has 2 heterocycles. The molecule has 0 radical (unpaired) electrons. The molecule has 0 unspecified atom stereocenters. The van der Waals surface area contributed by atoms with Gasteiger partial charge in [-0.2, -0.15) is 0 Å². The minimum absolute atomic E-state index is 0.00589. The van der Waals surface area contributed by atoms with Crippen LogP contribution in [0, 0.1) is 11.3 Å². The van der Waals surface area contributed by atoms with Gasteiger partial charge in [-0.1, -0.05) is 101 Å². The largest absolute Gasteiger partial charge is 0.497 e. The zero-order valence-corrected chi connectivity index (χ0v) is 34.1. The average Bonchev–Trinajstić information content (AvgIpc) is 3.55. The fourth-order valence-electron chi connectivity index (χ4n) is 7.17. The van der Waals surface area contributed by atoms with E-state index in [-0.39, 0.29) is 56.3 Å². The molecule has 0 aliphatic carbocycles. The van der Waals surface area contributed by atoms with Crippen molar-refractivity contribution in [3.8, 4) is 5.75 Å². The third-order valence-electron chi connectivity index (χ3n) is 10.5. The molecule has 0 spiro atoms. The molecule has 5 amide bonds. The molecule has 0 saturated carbocycles. The summed E-state index contributed by atoms with van der Waals surface area (Å²) in [5.74, 6) is -0.252. The van der Waals surface area contributed by atoms with E-state index in [1.807, 2.05) is 105 Å². The normalized spacial score (nSPS) is 15.2. The van der Waals surface area contributed by atoms with Crippen LogP contribution in [0.25, 0.3) is 10.9 Å². The van der Waals surface area contributed by atoms with Crippen molar-refractivity contribution in [2.24, 2.45) is 17.1 Å².